The van der Waals surface area contributed by atoms with Crippen molar-refractivity contribution < 1.29 is 42.1 Å². The Morgan fingerprint density at radius 3 is 2.28 bits per heavy atom. The number of phenols is 1. The van der Waals surface area contributed by atoms with Crippen LogP contribution in [-0.4, -0.2) is 41.6 Å². The van der Waals surface area contributed by atoms with Gasteiger partial charge in [-0.2, -0.15) is 0 Å². The van der Waals surface area contributed by atoms with E-state index in [-0.39, 0.29) is 27.7 Å². The lowest BCUT2D eigenvalue weighted by atomic mass is 9.85. The monoisotopic (exact) mass is 754 g/mol. The minimum Gasteiger partial charge on any atom is -0.507 e. The Morgan fingerprint density at radius 1 is 0.981 bits per heavy atom. The molecule has 0 saturated heterocycles. The van der Waals surface area contributed by atoms with Crippen molar-refractivity contribution in [3.63, 3.8) is 0 Å². The van der Waals surface area contributed by atoms with Crippen molar-refractivity contribution in [1.82, 2.24) is 10.5 Å². The highest BCUT2D eigenvalue weighted by molar-refractivity contribution is 7.91. The predicted octanol–water partition coefficient (Wildman–Crippen LogP) is 6.34. The molecule has 13 nitrogen and oxygen atoms in total. The summed E-state index contributed by atoms with van der Waals surface area (Å²) >= 11 is 0. The van der Waals surface area contributed by atoms with E-state index < -0.39 is 49.7 Å². The van der Waals surface area contributed by atoms with Crippen molar-refractivity contribution in [3.05, 3.63) is 118 Å². The summed E-state index contributed by atoms with van der Waals surface area (Å²) in [6.07, 6.45) is 0.691. The summed E-state index contributed by atoms with van der Waals surface area (Å²) in [5.74, 6) is -0.911. The zero-order valence-corrected chi connectivity index (χ0v) is 31.9. The highest BCUT2D eigenvalue weighted by Crippen LogP contribution is 2.45. The average molecular weight is 755 g/mol. The molecular formula is C40H42N4O9S. The topological polar surface area (TPSA) is 175 Å². The number of sulfone groups is 1. The van der Waals surface area contributed by atoms with E-state index in [4.69, 9.17) is 9.47 Å². The van der Waals surface area contributed by atoms with E-state index in [1.807, 2.05) is 34.6 Å². The first-order chi connectivity index (χ1) is 25.4. The number of para-hydroxylation sites is 1. The zero-order valence-electron chi connectivity index (χ0n) is 31.0. The molecule has 2 N–H and O–H groups in total. The Morgan fingerprint density at radius 2 is 1.63 bits per heavy atom. The van der Waals surface area contributed by atoms with E-state index in [0.29, 0.717) is 40.1 Å². The average Bonchev–Trinajstić information content (AvgIpc) is 3.51. The number of phenolic OH excluding ortho intramolecular Hbond substituents is 1. The summed E-state index contributed by atoms with van der Waals surface area (Å²) < 4.78 is 44.1. The fraction of sp³-hybridized carbons (Fsp3) is 0.300. The van der Waals surface area contributed by atoms with Crippen LogP contribution in [0.3, 0.4) is 0 Å². The number of fused-ring (bicyclic) bond motifs is 1. The molecule has 4 aromatic carbocycles. The number of nitrogens with one attached hydrogen (secondary N) is 1. The molecule has 1 aliphatic heterocycles. The minimum absolute atomic E-state index is 0.00960. The molecule has 2 unspecified atom stereocenters. The van der Waals surface area contributed by atoms with E-state index in [2.05, 4.69) is 15.1 Å². The molecule has 0 fully saturated rings. The van der Waals surface area contributed by atoms with Crippen molar-refractivity contribution in [2.45, 2.75) is 88.4 Å². The number of nitrogens with zero attached hydrogens (tertiary/aromatic N) is 3. The number of carbonyl (C=O) groups excluding carboxylic acids is 2. The lowest BCUT2D eigenvalue weighted by Crippen LogP contribution is -2.57. The van der Waals surface area contributed by atoms with Crippen LogP contribution in [0.1, 0.15) is 68.0 Å². The van der Waals surface area contributed by atoms with Crippen molar-refractivity contribution in [1.29, 1.82) is 0 Å². The standard InChI is InChI=1S/C40H42N4O9S/c1-24-25(2)34-31(26(3)33(24)45)21-22-40(7,52-34)38(47)43(28-16-10-8-11-17-28)32(35(46)41-39(4,5)6)27-15-14-18-29(23-27)51-36-37(44(48)53-42-36)54(49,50)30-19-12-9-13-20-30/h8-20,23,32,45H,21-22H2,1-7H3,(H,41,46). The van der Waals surface area contributed by atoms with E-state index in [9.17, 15) is 23.5 Å². The third kappa shape index (κ3) is 7.08. The van der Waals surface area contributed by atoms with Gasteiger partial charge in [0.1, 0.15) is 23.3 Å². The lowest BCUT2D eigenvalue weighted by molar-refractivity contribution is -0.832. The molecule has 14 heteroatoms. The minimum atomic E-state index is -4.43. The Bertz CT molecular complexity index is 2340. The summed E-state index contributed by atoms with van der Waals surface area (Å²) in [4.78, 5) is 30.6. The third-order valence-electron chi connectivity index (χ3n) is 9.47. The van der Waals surface area contributed by atoms with Crippen molar-refractivity contribution >= 4 is 27.3 Å². The summed E-state index contributed by atoms with van der Waals surface area (Å²) in [5, 5.41) is 29.1. The maximum atomic E-state index is 15.1. The Labute approximate surface area is 313 Å². The molecule has 1 aliphatic rings. The van der Waals surface area contributed by atoms with Gasteiger partial charge in [-0.15, -0.1) is 0 Å². The number of hydrogen-bond acceptors (Lipinski definition) is 10. The van der Waals surface area contributed by atoms with Crippen molar-refractivity contribution in [2.24, 2.45) is 0 Å². The number of benzene rings is 4. The first kappa shape index (κ1) is 37.9. The molecule has 1 aromatic heterocycles. The van der Waals surface area contributed by atoms with Gasteiger partial charge >= 0.3 is 10.9 Å². The molecule has 0 aliphatic carbocycles. The van der Waals surface area contributed by atoms with Crippen LogP contribution in [0.25, 0.3) is 0 Å². The maximum absolute atomic E-state index is 15.1. The molecular weight excluding hydrogens is 713 g/mol. The SMILES string of the molecule is Cc1c(C)c2c(c(C)c1O)CCC(C)(C(=O)N(c1ccccc1)C(C(=O)NC(C)(C)C)c1cccc(Oc3no[n+]([O-])c3S(=O)(=O)c3ccccc3)c1)O2. The molecule has 6 rings (SSSR count). The fourth-order valence-corrected chi connectivity index (χ4v) is 7.83. The van der Waals surface area contributed by atoms with Crippen molar-refractivity contribution in [2.75, 3.05) is 4.90 Å². The van der Waals surface area contributed by atoms with Gasteiger partial charge in [0, 0.05) is 23.2 Å². The van der Waals surface area contributed by atoms with Crippen LogP contribution in [0.15, 0.2) is 99.5 Å². The van der Waals surface area contributed by atoms with E-state index in [1.165, 1.54) is 41.3 Å². The maximum Gasteiger partial charge on any atom is 0.420 e. The Balaban J connectivity index is 1.45. The molecule has 0 spiro atoms. The van der Waals surface area contributed by atoms with Gasteiger partial charge in [0.25, 0.3) is 15.7 Å². The normalized spacial score (nSPS) is 16.1. The van der Waals surface area contributed by atoms with Crippen LogP contribution in [-0.2, 0) is 25.8 Å². The van der Waals surface area contributed by atoms with Gasteiger partial charge in [-0.25, -0.2) is 8.42 Å². The van der Waals surface area contributed by atoms with Gasteiger partial charge < -0.3 is 25.1 Å². The number of anilines is 1. The summed E-state index contributed by atoms with van der Waals surface area (Å²) in [7, 11) is -4.43. The van der Waals surface area contributed by atoms with Crippen LogP contribution < -0.4 is 24.6 Å². The fourth-order valence-electron chi connectivity index (χ4n) is 6.56. The molecule has 0 radical (unpaired) electrons. The molecule has 2 amide bonds. The quantitative estimate of drug-likeness (QED) is 0.162. The number of aromatic nitrogens is 2. The molecule has 5 aromatic rings. The summed E-state index contributed by atoms with van der Waals surface area (Å²) in [5.41, 5.74) is 1.42. The van der Waals surface area contributed by atoms with Gasteiger partial charge in [0.15, 0.2) is 5.60 Å². The van der Waals surface area contributed by atoms with Gasteiger partial charge in [0.2, 0.25) is 5.91 Å². The lowest BCUT2D eigenvalue weighted by Gasteiger charge is -2.42. The predicted molar refractivity (Wildman–Crippen MR) is 198 cm³/mol. The molecule has 2 atom stereocenters. The van der Waals surface area contributed by atoms with Gasteiger partial charge in [-0.1, -0.05) is 48.5 Å². The van der Waals surface area contributed by atoms with Crippen LogP contribution in [0, 0.1) is 26.0 Å². The summed E-state index contributed by atoms with van der Waals surface area (Å²) in [6, 6.07) is 20.9. The molecule has 0 saturated carbocycles. The van der Waals surface area contributed by atoms with Crippen LogP contribution in [0.2, 0.25) is 0 Å². The molecule has 0 bridgehead atoms. The largest absolute Gasteiger partial charge is 0.507 e. The smallest absolute Gasteiger partial charge is 0.420 e. The highest BCUT2D eigenvalue weighted by atomic mass is 32.2. The van der Waals surface area contributed by atoms with Crippen LogP contribution >= 0.6 is 0 Å². The van der Waals surface area contributed by atoms with Crippen LogP contribution in [0.4, 0.5) is 5.69 Å². The Hall–Kier alpha value is -5.89. The van der Waals surface area contributed by atoms with E-state index in [0.717, 1.165) is 5.56 Å². The second-order valence-corrected chi connectivity index (χ2v) is 16.4. The number of hydrogen-bond donors (Lipinski definition) is 2. The zero-order chi connectivity index (χ0) is 39.2. The second-order valence-electron chi connectivity index (χ2n) is 14.5. The first-order valence-corrected chi connectivity index (χ1v) is 18.8. The molecule has 282 valence electrons. The number of carbonyl (C=O) groups is 2. The number of aromatic hydroxyl groups is 1. The van der Waals surface area contributed by atoms with Crippen LogP contribution in [0.5, 0.6) is 23.1 Å². The van der Waals surface area contributed by atoms with Gasteiger partial charge in [-0.3, -0.25) is 19.1 Å². The Kier molecular flexibility index (Phi) is 9.92. The molecule has 54 heavy (non-hydrogen) atoms. The van der Waals surface area contributed by atoms with Crippen molar-refractivity contribution in [3.8, 4) is 23.1 Å². The van der Waals surface area contributed by atoms with Gasteiger partial charge in [-0.05, 0) is 118 Å². The number of amides is 2. The van der Waals surface area contributed by atoms with Gasteiger partial charge in [0.05, 0.1) is 10.1 Å². The highest BCUT2D eigenvalue weighted by Gasteiger charge is 2.47. The summed E-state index contributed by atoms with van der Waals surface area (Å²) in [6.45, 7) is 12.6. The number of rotatable bonds is 9. The van der Waals surface area contributed by atoms with E-state index >= 15 is 4.79 Å². The third-order valence-corrected chi connectivity index (χ3v) is 11.2. The second kappa shape index (κ2) is 14.2. The number of ether oxygens (including phenoxy) is 2. The van der Waals surface area contributed by atoms with E-state index in [1.54, 1.807) is 62.4 Å². The first-order valence-electron chi connectivity index (χ1n) is 17.3. The molecule has 2 heterocycles.